The van der Waals surface area contributed by atoms with Gasteiger partial charge in [-0.2, -0.15) is 0 Å². The summed E-state index contributed by atoms with van der Waals surface area (Å²) in [5.74, 6) is -0.522. The van der Waals surface area contributed by atoms with E-state index in [4.69, 9.17) is 9.84 Å². The van der Waals surface area contributed by atoms with E-state index in [0.717, 1.165) is 6.26 Å². The van der Waals surface area contributed by atoms with Crippen LogP contribution in [0.4, 0.5) is 0 Å². The van der Waals surface area contributed by atoms with Crippen LogP contribution in [0.5, 0.6) is 0 Å². The number of hydrogen-bond acceptors (Lipinski definition) is 5. The van der Waals surface area contributed by atoms with Gasteiger partial charge >= 0.3 is 0 Å². The molecule has 0 saturated carbocycles. The number of aliphatic hydroxyl groups excluding tert-OH is 1. The summed E-state index contributed by atoms with van der Waals surface area (Å²) < 4.78 is 26.4. The number of rotatable bonds is 7. The first-order valence-electron chi connectivity index (χ1n) is 5.27. The van der Waals surface area contributed by atoms with Crippen molar-refractivity contribution < 1.29 is 23.1 Å². The van der Waals surface area contributed by atoms with E-state index < -0.39 is 20.5 Å². The van der Waals surface area contributed by atoms with E-state index in [1.165, 1.54) is 25.9 Å². The van der Waals surface area contributed by atoms with Crippen LogP contribution in [0.1, 0.15) is 13.8 Å². The summed E-state index contributed by atoms with van der Waals surface area (Å²) in [4.78, 5) is 13.4. The van der Waals surface area contributed by atoms with E-state index in [1.54, 1.807) is 0 Å². The minimum absolute atomic E-state index is 0.0984. The minimum atomic E-state index is -3.50. The fourth-order valence-electron chi connectivity index (χ4n) is 1.18. The monoisotopic (exact) mass is 267 g/mol. The van der Waals surface area contributed by atoms with E-state index in [0.29, 0.717) is 6.61 Å². The maximum atomic E-state index is 12.1. The molecule has 0 aliphatic rings. The highest BCUT2D eigenvalue weighted by atomic mass is 32.2. The Balaban J connectivity index is 4.94. The lowest BCUT2D eigenvalue weighted by Gasteiger charge is -2.30. The lowest BCUT2D eigenvalue weighted by molar-refractivity contribution is -0.134. The summed E-state index contributed by atoms with van der Waals surface area (Å²) in [5.41, 5.74) is 0. The van der Waals surface area contributed by atoms with Crippen molar-refractivity contribution in [2.24, 2.45) is 0 Å². The molecule has 102 valence electrons. The molecule has 6 nitrogen and oxygen atoms in total. The van der Waals surface area contributed by atoms with Gasteiger partial charge in [-0.15, -0.1) is 0 Å². The van der Waals surface area contributed by atoms with Crippen LogP contribution in [0.15, 0.2) is 0 Å². The van der Waals surface area contributed by atoms with Gasteiger partial charge in [-0.1, -0.05) is 0 Å². The van der Waals surface area contributed by atoms with Crippen LogP contribution in [-0.4, -0.2) is 68.7 Å². The van der Waals surface area contributed by atoms with Crippen LogP contribution in [0.3, 0.4) is 0 Å². The van der Waals surface area contributed by atoms with Crippen LogP contribution in [0, 0.1) is 0 Å². The van der Waals surface area contributed by atoms with E-state index >= 15 is 0 Å². The van der Waals surface area contributed by atoms with Crippen LogP contribution >= 0.6 is 0 Å². The van der Waals surface area contributed by atoms with Crippen LogP contribution in [0.2, 0.25) is 0 Å². The molecule has 17 heavy (non-hydrogen) atoms. The molecular formula is C10H21NO5S. The molecule has 1 N–H and O–H groups in total. The van der Waals surface area contributed by atoms with Gasteiger partial charge in [0.1, 0.15) is 4.75 Å². The first-order valence-corrected chi connectivity index (χ1v) is 7.16. The molecular weight excluding hydrogens is 246 g/mol. The maximum Gasteiger partial charge on any atom is 0.243 e. The average Bonchev–Trinajstić information content (AvgIpc) is 2.21. The topological polar surface area (TPSA) is 83.9 Å². The molecule has 0 heterocycles. The van der Waals surface area contributed by atoms with E-state index in [2.05, 4.69) is 0 Å². The Morgan fingerprint density at radius 2 is 1.88 bits per heavy atom. The number of sulfone groups is 1. The Morgan fingerprint density at radius 3 is 2.24 bits per heavy atom. The smallest absolute Gasteiger partial charge is 0.243 e. The molecule has 0 atom stereocenters. The summed E-state index contributed by atoms with van der Waals surface area (Å²) in [5, 5.41) is 8.87. The van der Waals surface area contributed by atoms with Crippen molar-refractivity contribution in [2.75, 3.05) is 39.7 Å². The quantitative estimate of drug-likeness (QED) is 0.658. The standard InChI is InChI=1S/C10H21NO5S/c1-10(2,17(4,14)15)9(13)11(5-7-12)6-8-16-3/h12H,5-8H2,1-4H3. The molecule has 7 heteroatoms. The molecule has 0 aliphatic carbocycles. The summed E-state index contributed by atoms with van der Waals surface area (Å²) in [7, 11) is -2.01. The van der Waals surface area contributed by atoms with E-state index in [9.17, 15) is 13.2 Å². The zero-order valence-electron chi connectivity index (χ0n) is 10.8. The molecule has 1 amide bonds. The lowest BCUT2D eigenvalue weighted by Crippen LogP contribution is -2.51. The molecule has 0 spiro atoms. The summed E-state index contributed by atoms with van der Waals surface area (Å²) in [6.07, 6.45) is 1.03. The minimum Gasteiger partial charge on any atom is -0.395 e. The van der Waals surface area contributed by atoms with E-state index in [-0.39, 0.29) is 19.7 Å². The number of methoxy groups -OCH3 is 1. The molecule has 0 radical (unpaired) electrons. The normalized spacial score (nSPS) is 12.5. The lowest BCUT2D eigenvalue weighted by atomic mass is 10.1. The highest BCUT2D eigenvalue weighted by molar-refractivity contribution is 7.92. The van der Waals surface area contributed by atoms with Gasteiger partial charge in [0.15, 0.2) is 9.84 Å². The molecule has 0 unspecified atom stereocenters. The van der Waals surface area contributed by atoms with Crippen molar-refractivity contribution in [2.45, 2.75) is 18.6 Å². The van der Waals surface area contributed by atoms with Crippen molar-refractivity contribution >= 4 is 15.7 Å². The Kier molecular flexibility index (Phi) is 6.08. The SMILES string of the molecule is COCCN(CCO)C(=O)C(C)(C)S(C)(=O)=O. The fourth-order valence-corrected chi connectivity index (χ4v) is 1.62. The predicted octanol–water partition coefficient (Wildman–Crippen LogP) is -0.723. The first kappa shape index (κ1) is 16.3. The van der Waals surface area contributed by atoms with Gasteiger partial charge in [-0.25, -0.2) is 8.42 Å². The number of amides is 1. The van der Waals surface area contributed by atoms with Crippen molar-refractivity contribution in [1.29, 1.82) is 0 Å². The van der Waals surface area contributed by atoms with E-state index in [1.807, 2.05) is 0 Å². The highest BCUT2D eigenvalue weighted by Gasteiger charge is 2.41. The van der Waals surface area contributed by atoms with Crippen molar-refractivity contribution in [1.82, 2.24) is 4.90 Å². The first-order chi connectivity index (χ1) is 7.68. The average molecular weight is 267 g/mol. The van der Waals surface area contributed by atoms with Gasteiger partial charge in [0.25, 0.3) is 0 Å². The zero-order valence-corrected chi connectivity index (χ0v) is 11.6. The highest BCUT2D eigenvalue weighted by Crippen LogP contribution is 2.18. The number of nitrogens with zero attached hydrogens (tertiary/aromatic N) is 1. The number of ether oxygens (including phenoxy) is 1. The van der Waals surface area contributed by atoms with Gasteiger partial charge in [0, 0.05) is 26.5 Å². The van der Waals surface area contributed by atoms with Crippen LogP contribution < -0.4 is 0 Å². The summed E-state index contributed by atoms with van der Waals surface area (Å²) >= 11 is 0. The third-order valence-electron chi connectivity index (χ3n) is 2.66. The molecule has 0 aliphatic heterocycles. The summed E-state index contributed by atoms with van der Waals surface area (Å²) in [6, 6.07) is 0. The second-order valence-electron chi connectivity index (χ2n) is 4.29. The number of hydrogen-bond donors (Lipinski definition) is 1. The third-order valence-corrected chi connectivity index (χ3v) is 4.69. The maximum absolute atomic E-state index is 12.1. The molecule has 0 aromatic carbocycles. The third kappa shape index (κ3) is 4.25. The Morgan fingerprint density at radius 1 is 1.35 bits per heavy atom. The second kappa shape index (κ2) is 6.32. The van der Waals surface area contributed by atoms with Crippen molar-refractivity contribution in [3.05, 3.63) is 0 Å². The zero-order chi connectivity index (χ0) is 13.7. The van der Waals surface area contributed by atoms with Gasteiger partial charge < -0.3 is 14.7 Å². The van der Waals surface area contributed by atoms with Crippen molar-refractivity contribution in [3.8, 4) is 0 Å². The number of carbonyl (C=O) groups is 1. The fraction of sp³-hybridized carbons (Fsp3) is 0.900. The predicted molar refractivity (Wildman–Crippen MR) is 64.5 cm³/mol. The van der Waals surface area contributed by atoms with Crippen LogP contribution in [0.25, 0.3) is 0 Å². The van der Waals surface area contributed by atoms with Gasteiger partial charge in [0.05, 0.1) is 13.2 Å². The number of carbonyl (C=O) groups excluding carboxylic acids is 1. The summed E-state index contributed by atoms with van der Waals surface area (Å²) in [6.45, 7) is 3.17. The van der Waals surface area contributed by atoms with Gasteiger partial charge in [0.2, 0.25) is 5.91 Å². The molecule has 0 rings (SSSR count). The van der Waals surface area contributed by atoms with Gasteiger partial charge in [-0.05, 0) is 13.8 Å². The van der Waals surface area contributed by atoms with Crippen LogP contribution in [-0.2, 0) is 19.4 Å². The molecule has 0 fully saturated rings. The molecule has 0 aromatic rings. The molecule has 0 aromatic heterocycles. The second-order valence-corrected chi connectivity index (χ2v) is 6.86. The van der Waals surface area contributed by atoms with Crippen molar-refractivity contribution in [3.63, 3.8) is 0 Å². The Bertz CT molecular complexity index is 350. The number of aliphatic hydroxyl groups is 1. The Labute approximate surface area is 102 Å². The van der Waals surface area contributed by atoms with Gasteiger partial charge in [-0.3, -0.25) is 4.79 Å². The molecule has 0 bridgehead atoms. The molecule has 0 saturated heterocycles. The largest absolute Gasteiger partial charge is 0.395 e. The Hall–Kier alpha value is -0.660.